The van der Waals surface area contributed by atoms with Crippen LogP contribution in [0.4, 0.5) is 0 Å². The van der Waals surface area contributed by atoms with E-state index in [0.29, 0.717) is 13.2 Å². The monoisotopic (exact) mass is 249 g/mol. The molecule has 0 unspecified atom stereocenters. The maximum absolute atomic E-state index is 5.75. The Labute approximate surface area is 109 Å². The summed E-state index contributed by atoms with van der Waals surface area (Å²) >= 11 is 0. The van der Waals surface area contributed by atoms with Crippen molar-refractivity contribution in [1.82, 2.24) is 5.32 Å². The van der Waals surface area contributed by atoms with Crippen LogP contribution in [0.1, 0.15) is 37.3 Å². The van der Waals surface area contributed by atoms with Gasteiger partial charge in [-0.1, -0.05) is 44.0 Å². The molecular weight excluding hydrogens is 226 g/mol. The highest BCUT2D eigenvalue weighted by atomic mass is 16.7. The van der Waals surface area contributed by atoms with Crippen LogP contribution in [0.2, 0.25) is 0 Å². The van der Waals surface area contributed by atoms with E-state index in [9.17, 15) is 0 Å². The first-order chi connectivity index (χ1) is 8.90. The zero-order chi connectivity index (χ0) is 12.6. The molecule has 0 radical (unpaired) electrons. The van der Waals surface area contributed by atoms with Gasteiger partial charge in [-0.25, -0.2) is 0 Å². The molecule has 1 aromatic carbocycles. The van der Waals surface area contributed by atoms with Crippen LogP contribution in [0.25, 0.3) is 0 Å². The third-order valence-corrected chi connectivity index (χ3v) is 3.24. The van der Waals surface area contributed by atoms with E-state index in [1.165, 1.54) is 30.4 Å². The second-order valence-corrected chi connectivity index (χ2v) is 4.73. The zero-order valence-corrected chi connectivity index (χ0v) is 11.2. The van der Waals surface area contributed by atoms with E-state index < -0.39 is 0 Å². The minimum atomic E-state index is -0.126. The van der Waals surface area contributed by atoms with Gasteiger partial charge in [-0.05, 0) is 24.1 Å². The number of nitrogens with one attached hydrogen (secondary N) is 1. The number of hydrogen-bond donors (Lipinski definition) is 1. The summed E-state index contributed by atoms with van der Waals surface area (Å²) in [6.07, 6.45) is 3.64. The van der Waals surface area contributed by atoms with Gasteiger partial charge in [0, 0.05) is 6.54 Å². The first-order valence-electron chi connectivity index (χ1n) is 6.91. The standard InChI is InChI=1S/C15H23NO2/c1-2-3-6-9-16-10-15-17-11-13-7-4-5-8-14(13)12-18-15/h4-5,7-8,15-16H,2-3,6,9-12H2,1H3. The lowest BCUT2D eigenvalue weighted by Crippen LogP contribution is -2.31. The van der Waals surface area contributed by atoms with Gasteiger partial charge in [0.15, 0.2) is 6.29 Å². The predicted molar refractivity (Wildman–Crippen MR) is 72.2 cm³/mol. The van der Waals surface area contributed by atoms with Crippen LogP contribution in [0.3, 0.4) is 0 Å². The molecule has 0 saturated carbocycles. The lowest BCUT2D eigenvalue weighted by Gasteiger charge is -2.15. The average molecular weight is 249 g/mol. The molecule has 100 valence electrons. The molecule has 3 heteroatoms. The Morgan fingerprint density at radius 3 is 2.39 bits per heavy atom. The molecule has 1 N–H and O–H groups in total. The minimum Gasteiger partial charge on any atom is -0.347 e. The summed E-state index contributed by atoms with van der Waals surface area (Å²) in [7, 11) is 0. The quantitative estimate of drug-likeness (QED) is 0.786. The van der Waals surface area contributed by atoms with Crippen molar-refractivity contribution < 1.29 is 9.47 Å². The smallest absolute Gasteiger partial charge is 0.170 e. The number of rotatable bonds is 6. The van der Waals surface area contributed by atoms with E-state index in [0.717, 1.165) is 13.1 Å². The van der Waals surface area contributed by atoms with Gasteiger partial charge in [0.05, 0.1) is 13.2 Å². The fourth-order valence-corrected chi connectivity index (χ4v) is 2.09. The highest BCUT2D eigenvalue weighted by Gasteiger charge is 2.15. The van der Waals surface area contributed by atoms with Crippen molar-refractivity contribution in [2.24, 2.45) is 0 Å². The summed E-state index contributed by atoms with van der Waals surface area (Å²) < 4.78 is 11.5. The van der Waals surface area contributed by atoms with Crippen molar-refractivity contribution in [3.8, 4) is 0 Å². The number of benzene rings is 1. The Morgan fingerprint density at radius 2 is 1.78 bits per heavy atom. The van der Waals surface area contributed by atoms with Gasteiger partial charge in [0.25, 0.3) is 0 Å². The summed E-state index contributed by atoms with van der Waals surface area (Å²) in [6, 6.07) is 8.31. The summed E-state index contributed by atoms with van der Waals surface area (Å²) in [5.41, 5.74) is 2.48. The van der Waals surface area contributed by atoms with E-state index >= 15 is 0 Å². The summed E-state index contributed by atoms with van der Waals surface area (Å²) in [5.74, 6) is 0. The Balaban J connectivity index is 1.71. The fourth-order valence-electron chi connectivity index (χ4n) is 2.09. The van der Waals surface area contributed by atoms with Gasteiger partial charge >= 0.3 is 0 Å². The van der Waals surface area contributed by atoms with Crippen molar-refractivity contribution in [2.45, 2.75) is 45.7 Å². The highest BCUT2D eigenvalue weighted by Crippen LogP contribution is 2.17. The Hall–Kier alpha value is -0.900. The van der Waals surface area contributed by atoms with Crippen LogP contribution in [0, 0.1) is 0 Å². The maximum Gasteiger partial charge on any atom is 0.170 e. The highest BCUT2D eigenvalue weighted by molar-refractivity contribution is 5.26. The van der Waals surface area contributed by atoms with E-state index in [1.807, 2.05) is 12.1 Å². The van der Waals surface area contributed by atoms with E-state index in [1.54, 1.807) is 0 Å². The first-order valence-corrected chi connectivity index (χ1v) is 6.91. The lowest BCUT2D eigenvalue weighted by atomic mass is 10.1. The zero-order valence-electron chi connectivity index (χ0n) is 11.2. The van der Waals surface area contributed by atoms with Crippen molar-refractivity contribution in [3.05, 3.63) is 35.4 Å². The molecule has 18 heavy (non-hydrogen) atoms. The van der Waals surface area contributed by atoms with Gasteiger partial charge in [-0.15, -0.1) is 0 Å². The molecule has 0 amide bonds. The van der Waals surface area contributed by atoms with Crippen molar-refractivity contribution >= 4 is 0 Å². The Morgan fingerprint density at radius 1 is 1.11 bits per heavy atom. The molecule has 1 heterocycles. The maximum atomic E-state index is 5.75. The third kappa shape index (κ3) is 4.09. The summed E-state index contributed by atoms with van der Waals surface area (Å²) in [6.45, 7) is 5.34. The van der Waals surface area contributed by atoms with Crippen LogP contribution < -0.4 is 5.32 Å². The molecule has 1 aliphatic heterocycles. The molecule has 1 aliphatic rings. The van der Waals surface area contributed by atoms with Crippen molar-refractivity contribution in [2.75, 3.05) is 13.1 Å². The Bertz CT molecular complexity index is 327. The van der Waals surface area contributed by atoms with Crippen LogP contribution in [0.15, 0.2) is 24.3 Å². The molecule has 0 aromatic heterocycles. The molecule has 3 nitrogen and oxygen atoms in total. The summed E-state index contributed by atoms with van der Waals surface area (Å²) in [5, 5.41) is 3.39. The normalized spacial score (nSPS) is 16.3. The fraction of sp³-hybridized carbons (Fsp3) is 0.600. The Kier molecular flexibility index (Phi) is 5.65. The third-order valence-electron chi connectivity index (χ3n) is 3.24. The topological polar surface area (TPSA) is 30.5 Å². The second-order valence-electron chi connectivity index (χ2n) is 4.73. The minimum absolute atomic E-state index is 0.126. The van der Waals surface area contributed by atoms with Gasteiger partial charge in [0.1, 0.15) is 0 Å². The molecular formula is C15H23NO2. The van der Waals surface area contributed by atoms with Crippen molar-refractivity contribution in [1.29, 1.82) is 0 Å². The molecule has 0 bridgehead atoms. The number of unbranched alkanes of at least 4 members (excludes halogenated alkanes) is 2. The van der Waals surface area contributed by atoms with Crippen molar-refractivity contribution in [3.63, 3.8) is 0 Å². The van der Waals surface area contributed by atoms with Crippen LogP contribution in [-0.4, -0.2) is 19.4 Å². The molecule has 0 atom stereocenters. The van der Waals surface area contributed by atoms with Gasteiger partial charge in [-0.3, -0.25) is 0 Å². The molecule has 2 rings (SSSR count). The van der Waals surface area contributed by atoms with E-state index in [2.05, 4.69) is 24.4 Å². The lowest BCUT2D eigenvalue weighted by molar-refractivity contribution is -0.145. The molecule has 0 aliphatic carbocycles. The SMILES string of the molecule is CCCCCNCC1OCc2ccccc2CO1. The largest absolute Gasteiger partial charge is 0.347 e. The first kappa shape index (κ1) is 13.5. The number of fused-ring (bicyclic) bond motifs is 1. The van der Waals surface area contributed by atoms with E-state index in [4.69, 9.17) is 9.47 Å². The molecule has 1 aromatic rings. The molecule has 0 fully saturated rings. The predicted octanol–water partition coefficient (Wildman–Crippen LogP) is 2.84. The van der Waals surface area contributed by atoms with Gasteiger partial charge in [-0.2, -0.15) is 0 Å². The van der Waals surface area contributed by atoms with Crippen LogP contribution in [-0.2, 0) is 22.7 Å². The van der Waals surface area contributed by atoms with Gasteiger partial charge < -0.3 is 14.8 Å². The second kappa shape index (κ2) is 7.52. The molecule has 0 spiro atoms. The van der Waals surface area contributed by atoms with Crippen LogP contribution >= 0.6 is 0 Å². The number of ether oxygens (including phenoxy) is 2. The van der Waals surface area contributed by atoms with Crippen LogP contribution in [0.5, 0.6) is 0 Å². The average Bonchev–Trinajstić information content (AvgIpc) is 2.61. The number of hydrogen-bond acceptors (Lipinski definition) is 3. The summed E-state index contributed by atoms with van der Waals surface area (Å²) in [4.78, 5) is 0. The van der Waals surface area contributed by atoms with E-state index in [-0.39, 0.29) is 6.29 Å². The van der Waals surface area contributed by atoms with Gasteiger partial charge in [0.2, 0.25) is 0 Å². The molecule has 0 saturated heterocycles.